The smallest absolute Gasteiger partial charge is 0.257 e. The van der Waals surface area contributed by atoms with Crippen molar-refractivity contribution in [3.8, 4) is 0 Å². The van der Waals surface area contributed by atoms with E-state index in [1.165, 1.54) is 12.1 Å². The lowest BCUT2D eigenvalue weighted by molar-refractivity contribution is -0.0708. The zero-order valence-electron chi connectivity index (χ0n) is 12.4. The molecule has 2 aliphatic rings. The molecule has 0 N–H and O–H groups in total. The second-order valence-corrected chi connectivity index (χ2v) is 5.64. The highest BCUT2D eigenvalue weighted by atomic mass is 19.1. The average molecular weight is 305 g/mol. The predicted molar refractivity (Wildman–Crippen MR) is 80.1 cm³/mol. The number of fused-ring (bicyclic) bond motifs is 1. The van der Waals surface area contributed by atoms with E-state index in [1.54, 1.807) is 23.1 Å². The van der Waals surface area contributed by atoms with Gasteiger partial charge in [0.15, 0.2) is 0 Å². The van der Waals surface area contributed by atoms with E-state index in [0.29, 0.717) is 19.8 Å². The molecule has 118 valence electrons. The number of amides is 1. The summed E-state index contributed by atoms with van der Waals surface area (Å²) < 4.78 is 25.4. The third-order valence-electron chi connectivity index (χ3n) is 4.27. The first-order valence-electron chi connectivity index (χ1n) is 7.62. The van der Waals surface area contributed by atoms with E-state index in [2.05, 4.69) is 6.58 Å². The van der Waals surface area contributed by atoms with Crippen LogP contribution < -0.4 is 0 Å². The topological polar surface area (TPSA) is 38.8 Å². The molecule has 1 amide bonds. The molecule has 3 rings (SSSR count). The van der Waals surface area contributed by atoms with Crippen LogP contribution in [0.3, 0.4) is 0 Å². The summed E-state index contributed by atoms with van der Waals surface area (Å²) in [4.78, 5) is 14.4. The van der Waals surface area contributed by atoms with Gasteiger partial charge in [0.25, 0.3) is 5.91 Å². The second-order valence-electron chi connectivity index (χ2n) is 5.64. The lowest BCUT2D eigenvalue weighted by atomic mass is 10.0. The van der Waals surface area contributed by atoms with Gasteiger partial charge in [0.2, 0.25) is 0 Å². The van der Waals surface area contributed by atoms with Crippen molar-refractivity contribution < 1.29 is 18.7 Å². The molecule has 2 saturated heterocycles. The van der Waals surface area contributed by atoms with Gasteiger partial charge in [-0.05, 0) is 25.0 Å². The number of likely N-dealkylation sites (tertiary alicyclic amines) is 1. The SMILES string of the molecule is C=CCO[C@@H]1CN(C(=O)c2ccccc2F)[C@H]2CCCO[C@@H]12. The Morgan fingerprint density at radius 2 is 2.32 bits per heavy atom. The number of benzene rings is 1. The summed E-state index contributed by atoms with van der Waals surface area (Å²) in [6.07, 6.45) is 3.12. The minimum absolute atomic E-state index is 0.0457. The maximum atomic E-state index is 13.9. The zero-order chi connectivity index (χ0) is 15.5. The van der Waals surface area contributed by atoms with Crippen LogP contribution in [-0.4, -0.2) is 48.8 Å². The van der Waals surface area contributed by atoms with Crippen LogP contribution in [0.2, 0.25) is 0 Å². The van der Waals surface area contributed by atoms with Gasteiger partial charge in [-0.1, -0.05) is 18.2 Å². The van der Waals surface area contributed by atoms with Gasteiger partial charge in [0.05, 0.1) is 24.8 Å². The fraction of sp³-hybridized carbons (Fsp3) is 0.471. The summed E-state index contributed by atoms with van der Waals surface area (Å²) >= 11 is 0. The Labute approximate surface area is 129 Å². The van der Waals surface area contributed by atoms with Gasteiger partial charge in [-0.3, -0.25) is 4.79 Å². The Balaban J connectivity index is 1.82. The summed E-state index contributed by atoms with van der Waals surface area (Å²) in [7, 11) is 0. The van der Waals surface area contributed by atoms with Crippen molar-refractivity contribution in [2.45, 2.75) is 31.1 Å². The quantitative estimate of drug-likeness (QED) is 0.802. The molecule has 22 heavy (non-hydrogen) atoms. The molecule has 0 spiro atoms. The van der Waals surface area contributed by atoms with Crippen LogP contribution in [-0.2, 0) is 9.47 Å². The Morgan fingerprint density at radius 3 is 3.09 bits per heavy atom. The summed E-state index contributed by atoms with van der Waals surface area (Å²) in [5, 5.41) is 0. The van der Waals surface area contributed by atoms with Crippen molar-refractivity contribution in [1.82, 2.24) is 4.90 Å². The monoisotopic (exact) mass is 305 g/mol. The number of nitrogens with zero attached hydrogens (tertiary/aromatic N) is 1. The number of rotatable bonds is 4. The largest absolute Gasteiger partial charge is 0.373 e. The number of carbonyl (C=O) groups excluding carboxylic acids is 1. The van der Waals surface area contributed by atoms with E-state index >= 15 is 0 Å². The fourth-order valence-electron chi connectivity index (χ4n) is 3.27. The molecular weight excluding hydrogens is 285 g/mol. The van der Waals surface area contributed by atoms with Crippen LogP contribution >= 0.6 is 0 Å². The van der Waals surface area contributed by atoms with Gasteiger partial charge in [-0.25, -0.2) is 4.39 Å². The van der Waals surface area contributed by atoms with Crippen molar-refractivity contribution in [2.24, 2.45) is 0 Å². The second kappa shape index (κ2) is 6.58. The third kappa shape index (κ3) is 2.78. The molecule has 3 atom stereocenters. The normalized spacial score (nSPS) is 27.5. The summed E-state index contributed by atoms with van der Waals surface area (Å²) in [6, 6.07) is 6.04. The van der Waals surface area contributed by atoms with Crippen molar-refractivity contribution in [1.29, 1.82) is 0 Å². The Kier molecular flexibility index (Phi) is 4.55. The summed E-state index contributed by atoms with van der Waals surface area (Å²) in [6.45, 7) is 5.16. The van der Waals surface area contributed by atoms with Crippen molar-refractivity contribution in [3.05, 3.63) is 48.3 Å². The van der Waals surface area contributed by atoms with Crippen LogP contribution in [0, 0.1) is 5.82 Å². The molecule has 2 heterocycles. The lowest BCUT2D eigenvalue weighted by Gasteiger charge is -2.32. The van der Waals surface area contributed by atoms with Crippen molar-refractivity contribution in [3.63, 3.8) is 0 Å². The molecule has 5 heteroatoms. The summed E-state index contributed by atoms with van der Waals surface area (Å²) in [5.41, 5.74) is 0.108. The first-order valence-corrected chi connectivity index (χ1v) is 7.62. The van der Waals surface area contributed by atoms with Gasteiger partial charge in [0.1, 0.15) is 18.0 Å². The highest BCUT2D eigenvalue weighted by Gasteiger charge is 2.46. The molecule has 4 nitrogen and oxygen atoms in total. The highest BCUT2D eigenvalue weighted by molar-refractivity contribution is 5.95. The van der Waals surface area contributed by atoms with Crippen LogP contribution in [0.15, 0.2) is 36.9 Å². The Morgan fingerprint density at radius 1 is 1.50 bits per heavy atom. The molecule has 0 saturated carbocycles. The van der Waals surface area contributed by atoms with E-state index in [1.807, 2.05) is 0 Å². The molecule has 2 fully saturated rings. The minimum Gasteiger partial charge on any atom is -0.373 e. The molecule has 2 aliphatic heterocycles. The van der Waals surface area contributed by atoms with E-state index < -0.39 is 5.82 Å². The van der Waals surface area contributed by atoms with Gasteiger partial charge in [-0.15, -0.1) is 6.58 Å². The van der Waals surface area contributed by atoms with E-state index in [0.717, 1.165) is 12.8 Å². The molecular formula is C17H20FNO3. The molecule has 0 aromatic heterocycles. The Bertz CT molecular complexity index is 563. The van der Waals surface area contributed by atoms with Crippen LogP contribution in [0.25, 0.3) is 0 Å². The fourth-order valence-corrected chi connectivity index (χ4v) is 3.27. The first kappa shape index (κ1) is 15.2. The predicted octanol–water partition coefficient (Wildman–Crippen LogP) is 2.40. The van der Waals surface area contributed by atoms with Gasteiger partial charge >= 0.3 is 0 Å². The standard InChI is InChI=1S/C17H20FNO3/c1-2-9-21-15-11-19(14-8-5-10-22-16(14)15)17(20)12-6-3-4-7-13(12)18/h2-4,6-7,14-16H,1,5,8-11H2/t14-,15+,16+/m0/s1. The number of hydrogen-bond donors (Lipinski definition) is 0. The Hall–Kier alpha value is -1.72. The maximum absolute atomic E-state index is 13.9. The lowest BCUT2D eigenvalue weighted by Crippen LogP contribution is -2.44. The molecule has 0 unspecified atom stereocenters. The minimum atomic E-state index is -0.490. The van der Waals surface area contributed by atoms with Crippen molar-refractivity contribution >= 4 is 5.91 Å². The maximum Gasteiger partial charge on any atom is 0.257 e. The molecule has 1 aromatic rings. The van der Waals surface area contributed by atoms with E-state index in [-0.39, 0.29) is 29.7 Å². The summed E-state index contributed by atoms with van der Waals surface area (Å²) in [5.74, 6) is -0.778. The highest BCUT2D eigenvalue weighted by Crippen LogP contribution is 2.32. The number of ether oxygens (including phenoxy) is 2. The van der Waals surface area contributed by atoms with Gasteiger partial charge in [-0.2, -0.15) is 0 Å². The van der Waals surface area contributed by atoms with E-state index in [4.69, 9.17) is 9.47 Å². The van der Waals surface area contributed by atoms with Crippen LogP contribution in [0.4, 0.5) is 4.39 Å². The zero-order valence-corrected chi connectivity index (χ0v) is 12.4. The van der Waals surface area contributed by atoms with Crippen LogP contribution in [0.5, 0.6) is 0 Å². The third-order valence-corrected chi connectivity index (χ3v) is 4.27. The first-order chi connectivity index (χ1) is 10.7. The molecule has 1 aromatic carbocycles. The van der Waals surface area contributed by atoms with Gasteiger partial charge in [0, 0.05) is 6.61 Å². The number of carbonyl (C=O) groups is 1. The molecule has 0 radical (unpaired) electrons. The van der Waals surface area contributed by atoms with Crippen LogP contribution in [0.1, 0.15) is 23.2 Å². The molecule has 0 aliphatic carbocycles. The number of hydrogen-bond acceptors (Lipinski definition) is 3. The van der Waals surface area contributed by atoms with E-state index in [9.17, 15) is 9.18 Å². The molecule has 0 bridgehead atoms. The van der Waals surface area contributed by atoms with Gasteiger partial charge < -0.3 is 14.4 Å². The van der Waals surface area contributed by atoms with Crippen molar-refractivity contribution in [2.75, 3.05) is 19.8 Å². The number of halogens is 1. The average Bonchev–Trinajstić information content (AvgIpc) is 2.92.